The molecule has 3 nitrogen and oxygen atoms in total. The monoisotopic (exact) mass is 284 g/mol. The minimum absolute atomic E-state index is 0.0247. The number of hydrogen-bond acceptors (Lipinski definition) is 2. The van der Waals surface area contributed by atoms with Gasteiger partial charge in [0.15, 0.2) is 0 Å². The van der Waals surface area contributed by atoms with E-state index in [0.29, 0.717) is 17.8 Å². The van der Waals surface area contributed by atoms with Crippen molar-refractivity contribution in [2.75, 3.05) is 12.3 Å². The molecule has 0 fully saturated rings. The van der Waals surface area contributed by atoms with Crippen molar-refractivity contribution < 1.29 is 4.79 Å². The molecule has 0 atom stereocenters. The molecule has 1 aromatic carbocycles. The number of carbonyl (C=O) groups is 1. The second kappa shape index (κ2) is 5.34. The Bertz CT molecular complexity index is 391. The van der Waals surface area contributed by atoms with Crippen molar-refractivity contribution in [1.82, 2.24) is 4.90 Å². The van der Waals surface area contributed by atoms with Crippen LogP contribution in [0.3, 0.4) is 0 Å². The van der Waals surface area contributed by atoms with E-state index in [1.54, 1.807) is 18.2 Å². The summed E-state index contributed by atoms with van der Waals surface area (Å²) in [6.07, 6.45) is 0. The maximum atomic E-state index is 12.1. The Hall–Kier alpha value is -1.03. The fraction of sp³-hybridized carbons (Fsp3) is 0.417. The number of amides is 1. The summed E-state index contributed by atoms with van der Waals surface area (Å²) < 4.78 is 0.816. The molecule has 4 heteroatoms. The first-order valence-electron chi connectivity index (χ1n) is 5.33. The average Bonchev–Trinajstić information content (AvgIpc) is 2.22. The first-order valence-corrected chi connectivity index (χ1v) is 6.12. The Morgan fingerprint density at radius 2 is 2.12 bits per heavy atom. The first kappa shape index (κ1) is 13.0. The third kappa shape index (κ3) is 2.76. The Kier molecular flexibility index (Phi) is 4.35. The highest BCUT2D eigenvalue weighted by Crippen LogP contribution is 2.21. The van der Waals surface area contributed by atoms with Crippen molar-refractivity contribution >= 4 is 27.5 Å². The van der Waals surface area contributed by atoms with Gasteiger partial charge >= 0.3 is 0 Å². The molecule has 0 heterocycles. The second-order valence-electron chi connectivity index (χ2n) is 3.92. The van der Waals surface area contributed by atoms with E-state index >= 15 is 0 Å². The summed E-state index contributed by atoms with van der Waals surface area (Å²) in [6, 6.07) is 5.49. The van der Waals surface area contributed by atoms with Crippen molar-refractivity contribution in [3.05, 3.63) is 28.2 Å². The van der Waals surface area contributed by atoms with Gasteiger partial charge in [-0.3, -0.25) is 4.79 Å². The molecule has 0 aromatic heterocycles. The van der Waals surface area contributed by atoms with E-state index in [-0.39, 0.29) is 11.9 Å². The van der Waals surface area contributed by atoms with E-state index in [1.807, 2.05) is 25.7 Å². The molecular formula is C12H17BrN2O. The molecule has 0 spiro atoms. The molecule has 0 saturated carbocycles. The Balaban J connectivity index is 2.99. The van der Waals surface area contributed by atoms with Gasteiger partial charge < -0.3 is 10.6 Å². The van der Waals surface area contributed by atoms with E-state index in [2.05, 4.69) is 15.9 Å². The van der Waals surface area contributed by atoms with Crippen LogP contribution in [-0.4, -0.2) is 23.4 Å². The van der Waals surface area contributed by atoms with Crippen molar-refractivity contribution in [1.29, 1.82) is 0 Å². The van der Waals surface area contributed by atoms with Gasteiger partial charge in [0, 0.05) is 28.3 Å². The maximum absolute atomic E-state index is 12.1. The fourth-order valence-electron chi connectivity index (χ4n) is 1.59. The zero-order valence-electron chi connectivity index (χ0n) is 9.83. The van der Waals surface area contributed by atoms with E-state index in [1.165, 1.54) is 0 Å². The number of carbonyl (C=O) groups excluding carboxylic acids is 1. The molecule has 16 heavy (non-hydrogen) atoms. The Labute approximate surface area is 105 Å². The van der Waals surface area contributed by atoms with Crippen LogP contribution < -0.4 is 5.73 Å². The zero-order valence-corrected chi connectivity index (χ0v) is 11.4. The highest BCUT2D eigenvalue weighted by Gasteiger charge is 2.17. The highest BCUT2D eigenvalue weighted by atomic mass is 79.9. The number of rotatable bonds is 3. The van der Waals surface area contributed by atoms with Crippen LogP contribution in [0.4, 0.5) is 5.69 Å². The Morgan fingerprint density at radius 3 is 2.56 bits per heavy atom. The van der Waals surface area contributed by atoms with Crippen LogP contribution in [0.1, 0.15) is 31.1 Å². The predicted molar refractivity (Wildman–Crippen MR) is 70.4 cm³/mol. The van der Waals surface area contributed by atoms with Gasteiger partial charge in [-0.2, -0.15) is 0 Å². The van der Waals surface area contributed by atoms with Crippen LogP contribution in [0.5, 0.6) is 0 Å². The van der Waals surface area contributed by atoms with Crippen molar-refractivity contribution in [2.24, 2.45) is 0 Å². The largest absolute Gasteiger partial charge is 0.398 e. The van der Waals surface area contributed by atoms with Crippen LogP contribution >= 0.6 is 15.9 Å². The number of nitrogen functional groups attached to an aromatic ring is 1. The predicted octanol–water partition coefficient (Wildman–Crippen LogP) is 2.90. The SMILES string of the molecule is CCN(C(=O)c1ccc(Br)c(N)c1)C(C)C. The molecule has 0 radical (unpaired) electrons. The molecule has 0 aliphatic heterocycles. The Morgan fingerprint density at radius 1 is 1.50 bits per heavy atom. The summed E-state index contributed by atoms with van der Waals surface area (Å²) in [4.78, 5) is 13.9. The van der Waals surface area contributed by atoms with Gasteiger partial charge in [0.05, 0.1) is 0 Å². The van der Waals surface area contributed by atoms with Crippen molar-refractivity contribution in [2.45, 2.75) is 26.8 Å². The number of nitrogens with zero attached hydrogens (tertiary/aromatic N) is 1. The van der Waals surface area contributed by atoms with Gasteiger partial charge in [-0.1, -0.05) is 0 Å². The molecule has 0 saturated heterocycles. The quantitative estimate of drug-likeness (QED) is 0.868. The minimum atomic E-state index is 0.0247. The topological polar surface area (TPSA) is 46.3 Å². The average molecular weight is 285 g/mol. The summed E-state index contributed by atoms with van der Waals surface area (Å²) in [5.41, 5.74) is 6.98. The van der Waals surface area contributed by atoms with Gasteiger partial charge in [-0.05, 0) is 54.9 Å². The molecule has 0 aliphatic carbocycles. The van der Waals surface area contributed by atoms with Gasteiger partial charge in [0.1, 0.15) is 0 Å². The molecule has 1 amide bonds. The van der Waals surface area contributed by atoms with E-state index in [0.717, 1.165) is 4.47 Å². The standard InChI is InChI=1S/C12H17BrN2O/c1-4-15(8(2)3)12(16)9-5-6-10(13)11(14)7-9/h5-8H,4,14H2,1-3H3. The van der Waals surface area contributed by atoms with Crippen LogP contribution in [0.2, 0.25) is 0 Å². The fourth-order valence-corrected chi connectivity index (χ4v) is 1.83. The molecule has 2 N–H and O–H groups in total. The molecular weight excluding hydrogens is 268 g/mol. The van der Waals surface area contributed by atoms with Crippen molar-refractivity contribution in [3.8, 4) is 0 Å². The summed E-state index contributed by atoms with van der Waals surface area (Å²) >= 11 is 3.31. The third-order valence-electron chi connectivity index (χ3n) is 2.47. The smallest absolute Gasteiger partial charge is 0.254 e. The van der Waals surface area contributed by atoms with Crippen LogP contribution in [0.15, 0.2) is 22.7 Å². The number of benzene rings is 1. The van der Waals surface area contributed by atoms with Gasteiger partial charge in [0.25, 0.3) is 5.91 Å². The van der Waals surface area contributed by atoms with Crippen LogP contribution in [0, 0.1) is 0 Å². The summed E-state index contributed by atoms with van der Waals surface area (Å²) in [5, 5.41) is 0. The summed E-state index contributed by atoms with van der Waals surface area (Å²) in [7, 11) is 0. The van der Waals surface area contributed by atoms with Crippen LogP contribution in [-0.2, 0) is 0 Å². The number of hydrogen-bond donors (Lipinski definition) is 1. The second-order valence-corrected chi connectivity index (χ2v) is 4.78. The molecule has 0 bridgehead atoms. The van der Waals surface area contributed by atoms with Gasteiger partial charge in [-0.15, -0.1) is 0 Å². The van der Waals surface area contributed by atoms with Gasteiger partial charge in [-0.25, -0.2) is 0 Å². The lowest BCUT2D eigenvalue weighted by Crippen LogP contribution is -2.36. The maximum Gasteiger partial charge on any atom is 0.254 e. The molecule has 1 rings (SSSR count). The number of nitrogens with two attached hydrogens (primary N) is 1. The summed E-state index contributed by atoms with van der Waals surface area (Å²) in [5.74, 6) is 0.0247. The molecule has 0 unspecified atom stereocenters. The zero-order chi connectivity index (χ0) is 12.3. The highest BCUT2D eigenvalue weighted by molar-refractivity contribution is 9.10. The third-order valence-corrected chi connectivity index (χ3v) is 3.19. The molecule has 1 aromatic rings. The van der Waals surface area contributed by atoms with E-state index < -0.39 is 0 Å². The van der Waals surface area contributed by atoms with Crippen molar-refractivity contribution in [3.63, 3.8) is 0 Å². The van der Waals surface area contributed by atoms with E-state index in [9.17, 15) is 4.79 Å². The van der Waals surface area contributed by atoms with E-state index in [4.69, 9.17) is 5.73 Å². The lowest BCUT2D eigenvalue weighted by molar-refractivity contribution is 0.0717. The lowest BCUT2D eigenvalue weighted by Gasteiger charge is -2.25. The van der Waals surface area contributed by atoms with Crippen LogP contribution in [0.25, 0.3) is 0 Å². The number of anilines is 1. The first-order chi connectivity index (χ1) is 7.47. The molecule has 88 valence electrons. The normalized spacial score (nSPS) is 10.6. The van der Waals surface area contributed by atoms with Gasteiger partial charge in [0.2, 0.25) is 0 Å². The summed E-state index contributed by atoms with van der Waals surface area (Å²) in [6.45, 7) is 6.68. The molecule has 0 aliphatic rings. The lowest BCUT2D eigenvalue weighted by atomic mass is 10.1. The minimum Gasteiger partial charge on any atom is -0.398 e. The number of halogens is 1.